The third-order valence-electron chi connectivity index (χ3n) is 1.70. The van der Waals surface area contributed by atoms with Crippen LogP contribution in [0, 0.1) is 0 Å². The second kappa shape index (κ2) is 5.21. The molecule has 0 atom stereocenters. The number of nitrogens with two attached hydrogens (primary N) is 1. The molecule has 0 aliphatic carbocycles. The Bertz CT molecular complexity index is 331. The molecule has 0 saturated heterocycles. The number of nitrogens with zero attached hydrogens (tertiary/aromatic N) is 3. The minimum Gasteiger partial charge on any atom is -0.393 e. The number of rotatable bonds is 4. The Morgan fingerprint density at radius 3 is 3.00 bits per heavy atom. The Morgan fingerprint density at radius 2 is 2.43 bits per heavy atom. The van der Waals surface area contributed by atoms with Crippen molar-refractivity contribution >= 4 is 39.0 Å². The molecule has 0 aliphatic rings. The molecule has 1 aromatic heterocycles. The first kappa shape index (κ1) is 11.3. The molecule has 1 rings (SSSR count). The van der Waals surface area contributed by atoms with E-state index in [9.17, 15) is 0 Å². The average molecular weight is 275 g/mol. The lowest BCUT2D eigenvalue weighted by atomic mass is 10.4. The van der Waals surface area contributed by atoms with Crippen LogP contribution in [0.5, 0.6) is 0 Å². The summed E-state index contributed by atoms with van der Waals surface area (Å²) in [7, 11) is 1.94. The lowest BCUT2D eigenvalue weighted by Gasteiger charge is -2.18. The van der Waals surface area contributed by atoms with Crippen molar-refractivity contribution in [2.45, 2.75) is 6.42 Å². The first-order chi connectivity index (χ1) is 6.61. The van der Waals surface area contributed by atoms with Crippen LogP contribution in [0.15, 0.2) is 17.0 Å². The molecule has 6 heteroatoms. The number of hydrogen-bond donors (Lipinski definition) is 1. The van der Waals surface area contributed by atoms with Gasteiger partial charge in [-0.05, 0) is 15.9 Å². The normalized spacial score (nSPS) is 9.86. The molecular weight excluding hydrogens is 264 g/mol. The molecule has 0 bridgehead atoms. The van der Waals surface area contributed by atoms with Gasteiger partial charge in [0.25, 0.3) is 0 Å². The topological polar surface area (TPSA) is 55.0 Å². The van der Waals surface area contributed by atoms with Crippen molar-refractivity contribution in [1.29, 1.82) is 0 Å². The van der Waals surface area contributed by atoms with Crippen molar-refractivity contribution in [3.63, 3.8) is 0 Å². The van der Waals surface area contributed by atoms with E-state index in [1.807, 2.05) is 11.9 Å². The predicted molar refractivity (Wildman–Crippen MR) is 64.4 cm³/mol. The summed E-state index contributed by atoms with van der Waals surface area (Å²) in [5.41, 5.74) is 5.42. The largest absolute Gasteiger partial charge is 0.393 e. The van der Waals surface area contributed by atoms with Gasteiger partial charge < -0.3 is 10.6 Å². The summed E-state index contributed by atoms with van der Waals surface area (Å²) >= 11 is 8.18. The third kappa shape index (κ3) is 3.19. The zero-order valence-electron chi connectivity index (χ0n) is 7.77. The van der Waals surface area contributed by atoms with Crippen LogP contribution in [0.1, 0.15) is 6.42 Å². The van der Waals surface area contributed by atoms with Crippen molar-refractivity contribution in [1.82, 2.24) is 9.97 Å². The minimum absolute atomic E-state index is 0.516. The molecule has 0 unspecified atom stereocenters. The number of aromatic nitrogens is 2. The van der Waals surface area contributed by atoms with Crippen LogP contribution in [0.25, 0.3) is 0 Å². The molecule has 0 radical (unpaired) electrons. The van der Waals surface area contributed by atoms with E-state index in [-0.39, 0.29) is 0 Å². The maximum atomic E-state index is 5.42. The van der Waals surface area contributed by atoms with Gasteiger partial charge in [-0.15, -0.1) is 0 Å². The second-order valence-corrected chi connectivity index (χ2v) is 4.21. The number of halogens is 1. The second-order valence-electron chi connectivity index (χ2n) is 2.83. The fourth-order valence-corrected chi connectivity index (χ4v) is 1.59. The lowest BCUT2D eigenvalue weighted by molar-refractivity contribution is 0.888. The first-order valence-corrected chi connectivity index (χ1v) is 5.26. The van der Waals surface area contributed by atoms with Crippen LogP contribution in [-0.2, 0) is 0 Å². The monoisotopic (exact) mass is 274 g/mol. The molecule has 0 fully saturated rings. The fourth-order valence-electron chi connectivity index (χ4n) is 0.971. The Morgan fingerprint density at radius 1 is 1.71 bits per heavy atom. The van der Waals surface area contributed by atoms with E-state index in [2.05, 4.69) is 25.9 Å². The maximum absolute atomic E-state index is 5.42. The minimum atomic E-state index is 0.516. The number of thiocarbonyl (C=S) groups is 1. The molecule has 2 N–H and O–H groups in total. The van der Waals surface area contributed by atoms with Crippen LogP contribution >= 0.6 is 28.1 Å². The Kier molecular flexibility index (Phi) is 4.21. The van der Waals surface area contributed by atoms with E-state index in [1.165, 1.54) is 6.33 Å². The molecular formula is C8H11BrN4S. The maximum Gasteiger partial charge on any atom is 0.146 e. The number of anilines is 1. The van der Waals surface area contributed by atoms with Crippen molar-refractivity contribution in [3.05, 3.63) is 17.0 Å². The Hall–Kier alpha value is -0.750. The van der Waals surface area contributed by atoms with Gasteiger partial charge >= 0.3 is 0 Å². The first-order valence-electron chi connectivity index (χ1n) is 4.06. The smallest absolute Gasteiger partial charge is 0.146 e. The quantitative estimate of drug-likeness (QED) is 0.841. The standard InChI is InChI=1S/C8H11BrN4S/c1-13(3-2-7(10)14)8-6(9)4-11-5-12-8/h4-5H,2-3H2,1H3,(H2,10,14). The van der Waals surface area contributed by atoms with Gasteiger partial charge in [-0.2, -0.15) is 0 Å². The summed E-state index contributed by atoms with van der Waals surface area (Å²) in [6.07, 6.45) is 3.90. The van der Waals surface area contributed by atoms with Crippen LogP contribution in [0.2, 0.25) is 0 Å². The average Bonchev–Trinajstić information content (AvgIpc) is 2.15. The van der Waals surface area contributed by atoms with Crippen LogP contribution in [0.4, 0.5) is 5.82 Å². The van der Waals surface area contributed by atoms with E-state index in [1.54, 1.807) is 6.20 Å². The molecule has 4 nitrogen and oxygen atoms in total. The Balaban J connectivity index is 2.65. The molecule has 0 aliphatic heterocycles. The van der Waals surface area contributed by atoms with Gasteiger partial charge in [-0.3, -0.25) is 0 Å². The lowest BCUT2D eigenvalue weighted by Crippen LogP contribution is -2.24. The molecule has 76 valence electrons. The highest BCUT2D eigenvalue weighted by atomic mass is 79.9. The summed E-state index contributed by atoms with van der Waals surface area (Å²) in [5, 5.41) is 0. The van der Waals surface area contributed by atoms with Crippen molar-refractivity contribution < 1.29 is 0 Å². The molecule has 0 aromatic carbocycles. The van der Waals surface area contributed by atoms with Crippen molar-refractivity contribution in [3.8, 4) is 0 Å². The summed E-state index contributed by atoms with van der Waals surface area (Å²) in [6.45, 7) is 0.755. The molecule has 0 amide bonds. The van der Waals surface area contributed by atoms with Gasteiger partial charge in [0.15, 0.2) is 0 Å². The molecule has 1 aromatic rings. The van der Waals surface area contributed by atoms with Crippen molar-refractivity contribution in [2.75, 3.05) is 18.5 Å². The summed E-state index contributed by atoms with van der Waals surface area (Å²) < 4.78 is 0.866. The fraction of sp³-hybridized carbons (Fsp3) is 0.375. The van der Waals surface area contributed by atoms with Crippen LogP contribution in [0.3, 0.4) is 0 Å². The summed E-state index contributed by atoms with van der Waals surface area (Å²) in [6, 6.07) is 0. The van der Waals surface area contributed by atoms with E-state index in [0.717, 1.165) is 16.8 Å². The van der Waals surface area contributed by atoms with Crippen LogP contribution in [-0.4, -0.2) is 28.5 Å². The highest BCUT2D eigenvalue weighted by Gasteiger charge is 2.06. The van der Waals surface area contributed by atoms with E-state index < -0.39 is 0 Å². The molecule has 14 heavy (non-hydrogen) atoms. The van der Waals surface area contributed by atoms with Crippen molar-refractivity contribution in [2.24, 2.45) is 5.73 Å². The van der Waals surface area contributed by atoms with E-state index in [0.29, 0.717) is 11.4 Å². The van der Waals surface area contributed by atoms with Gasteiger partial charge in [-0.25, -0.2) is 9.97 Å². The van der Waals surface area contributed by atoms with Gasteiger partial charge in [0, 0.05) is 26.2 Å². The summed E-state index contributed by atoms with van der Waals surface area (Å²) in [5.74, 6) is 0.844. The van der Waals surface area contributed by atoms with Gasteiger partial charge in [0.2, 0.25) is 0 Å². The third-order valence-corrected chi connectivity index (χ3v) is 2.47. The van der Waals surface area contributed by atoms with Crippen LogP contribution < -0.4 is 10.6 Å². The Labute approximate surface area is 96.7 Å². The SMILES string of the molecule is CN(CCC(N)=S)c1ncncc1Br. The highest BCUT2D eigenvalue weighted by molar-refractivity contribution is 9.10. The predicted octanol–water partition coefficient (Wildman–Crippen LogP) is 1.35. The van der Waals surface area contributed by atoms with Gasteiger partial charge in [0.1, 0.15) is 12.1 Å². The van der Waals surface area contributed by atoms with E-state index in [4.69, 9.17) is 18.0 Å². The number of hydrogen-bond acceptors (Lipinski definition) is 4. The molecule has 0 saturated carbocycles. The molecule has 0 spiro atoms. The zero-order valence-corrected chi connectivity index (χ0v) is 10.2. The summed E-state index contributed by atoms with van der Waals surface area (Å²) in [4.78, 5) is 10.5. The molecule has 1 heterocycles. The zero-order chi connectivity index (χ0) is 10.6. The highest BCUT2D eigenvalue weighted by Crippen LogP contribution is 2.20. The van der Waals surface area contributed by atoms with Gasteiger partial charge in [0.05, 0.1) is 9.46 Å². The van der Waals surface area contributed by atoms with E-state index >= 15 is 0 Å². The van der Waals surface area contributed by atoms with Gasteiger partial charge in [-0.1, -0.05) is 12.2 Å².